The van der Waals surface area contributed by atoms with Gasteiger partial charge in [0.25, 0.3) is 0 Å². The Morgan fingerprint density at radius 3 is 2.61 bits per heavy atom. The summed E-state index contributed by atoms with van der Waals surface area (Å²) < 4.78 is 2.00. The summed E-state index contributed by atoms with van der Waals surface area (Å²) in [5, 5.41) is 18.6. The zero-order valence-corrected chi connectivity index (χ0v) is 13.8. The van der Waals surface area contributed by atoms with Crippen molar-refractivity contribution in [3.05, 3.63) is 65.2 Å². The van der Waals surface area contributed by atoms with Gasteiger partial charge in [-0.1, -0.05) is 54.2 Å². The highest BCUT2D eigenvalue weighted by atomic mass is 32.2. The van der Waals surface area contributed by atoms with Crippen molar-refractivity contribution < 1.29 is 0 Å². The van der Waals surface area contributed by atoms with Crippen molar-refractivity contribution in [2.24, 2.45) is 7.05 Å². The molecule has 114 valence electrons. The maximum absolute atomic E-state index is 9.16. The van der Waals surface area contributed by atoms with Crippen LogP contribution in [-0.2, 0) is 12.8 Å². The van der Waals surface area contributed by atoms with E-state index in [0.29, 0.717) is 11.3 Å². The molecule has 0 unspecified atom stereocenters. The quantitative estimate of drug-likeness (QED) is 0.683. The second-order valence-electron chi connectivity index (χ2n) is 5.24. The third kappa shape index (κ3) is 3.13. The Kier molecular flexibility index (Phi) is 4.45. The van der Waals surface area contributed by atoms with E-state index >= 15 is 0 Å². The van der Waals surface area contributed by atoms with E-state index in [0.717, 1.165) is 22.1 Å². The van der Waals surface area contributed by atoms with Gasteiger partial charge in [0, 0.05) is 18.4 Å². The molecule has 0 amide bonds. The number of aryl methyl sites for hydroxylation is 1. The third-order valence-electron chi connectivity index (χ3n) is 3.72. The van der Waals surface area contributed by atoms with Gasteiger partial charge >= 0.3 is 0 Å². The maximum atomic E-state index is 9.16. The van der Waals surface area contributed by atoms with Gasteiger partial charge in [-0.15, -0.1) is 10.2 Å². The largest absolute Gasteiger partial charge is 0.305 e. The Hall–Kier alpha value is -2.58. The average molecular weight is 320 g/mol. The molecule has 1 heterocycles. The maximum Gasteiger partial charge on any atom is 0.191 e. The van der Waals surface area contributed by atoms with Crippen LogP contribution in [0.1, 0.15) is 16.7 Å². The molecule has 0 bridgehead atoms. The summed E-state index contributed by atoms with van der Waals surface area (Å²) in [4.78, 5) is 0. The van der Waals surface area contributed by atoms with Gasteiger partial charge in [0.2, 0.25) is 0 Å². The predicted molar refractivity (Wildman–Crippen MR) is 91.9 cm³/mol. The number of nitriles is 1. The normalized spacial score (nSPS) is 10.5. The molecule has 3 rings (SSSR count). The van der Waals surface area contributed by atoms with Gasteiger partial charge in [0.15, 0.2) is 11.0 Å². The van der Waals surface area contributed by atoms with Crippen LogP contribution in [0.4, 0.5) is 0 Å². The Balaban J connectivity index is 1.83. The van der Waals surface area contributed by atoms with E-state index in [1.807, 2.05) is 48.0 Å². The summed E-state index contributed by atoms with van der Waals surface area (Å²) in [7, 11) is 1.97. The fraction of sp³-hybridized carbons (Fsp3) is 0.167. The van der Waals surface area contributed by atoms with Crippen molar-refractivity contribution in [1.82, 2.24) is 14.8 Å². The molecule has 1 aromatic heterocycles. The third-order valence-corrected chi connectivity index (χ3v) is 4.78. The summed E-state index contributed by atoms with van der Waals surface area (Å²) in [6.07, 6.45) is 0. The second kappa shape index (κ2) is 6.67. The van der Waals surface area contributed by atoms with Crippen molar-refractivity contribution in [3.8, 4) is 17.5 Å². The minimum atomic E-state index is 0.698. The molecule has 5 heteroatoms. The molecule has 3 aromatic rings. The van der Waals surface area contributed by atoms with Gasteiger partial charge in [0.05, 0.1) is 11.6 Å². The van der Waals surface area contributed by atoms with Crippen LogP contribution in [0.3, 0.4) is 0 Å². The van der Waals surface area contributed by atoms with Gasteiger partial charge in [-0.3, -0.25) is 0 Å². The van der Waals surface area contributed by atoms with Gasteiger partial charge in [-0.2, -0.15) is 5.26 Å². The smallest absolute Gasteiger partial charge is 0.191 e. The Labute approximate surface area is 139 Å². The van der Waals surface area contributed by atoms with Crippen molar-refractivity contribution in [1.29, 1.82) is 5.26 Å². The number of hydrogen-bond acceptors (Lipinski definition) is 4. The summed E-state index contributed by atoms with van der Waals surface area (Å²) in [5.74, 6) is 1.56. The molecule has 0 atom stereocenters. The second-order valence-corrected chi connectivity index (χ2v) is 6.18. The number of benzene rings is 2. The minimum Gasteiger partial charge on any atom is -0.305 e. The SMILES string of the molecule is Cc1ccccc1-c1nnc(SCc2ccccc2C#N)n1C. The number of rotatable bonds is 4. The van der Waals surface area contributed by atoms with Crippen LogP contribution in [0, 0.1) is 18.3 Å². The zero-order valence-electron chi connectivity index (χ0n) is 13.0. The van der Waals surface area contributed by atoms with E-state index in [9.17, 15) is 0 Å². The van der Waals surface area contributed by atoms with Gasteiger partial charge in [-0.05, 0) is 24.1 Å². The number of aromatic nitrogens is 3. The molecular formula is C18H16N4S. The topological polar surface area (TPSA) is 54.5 Å². The molecule has 0 radical (unpaired) electrons. The lowest BCUT2D eigenvalue weighted by Crippen LogP contribution is -1.96. The highest BCUT2D eigenvalue weighted by molar-refractivity contribution is 7.98. The standard InChI is InChI=1S/C18H16N4S/c1-13-7-3-6-10-16(13)17-20-21-18(22(17)2)23-12-15-9-5-4-8-14(15)11-19/h3-10H,12H2,1-2H3. The van der Waals surface area contributed by atoms with Crippen molar-refractivity contribution in [2.45, 2.75) is 17.8 Å². The van der Waals surface area contributed by atoms with E-state index in [2.05, 4.69) is 35.3 Å². The summed E-state index contributed by atoms with van der Waals surface area (Å²) in [6, 6.07) is 18.0. The summed E-state index contributed by atoms with van der Waals surface area (Å²) in [5.41, 5.74) is 3.99. The first-order valence-electron chi connectivity index (χ1n) is 7.27. The first-order chi connectivity index (χ1) is 11.2. The fourth-order valence-corrected chi connectivity index (χ4v) is 3.31. The van der Waals surface area contributed by atoms with Crippen molar-refractivity contribution in [2.75, 3.05) is 0 Å². The monoisotopic (exact) mass is 320 g/mol. The Bertz CT molecular complexity index is 877. The molecule has 0 aliphatic rings. The number of hydrogen-bond donors (Lipinski definition) is 0. The lowest BCUT2D eigenvalue weighted by Gasteiger charge is -2.06. The molecule has 0 aliphatic heterocycles. The summed E-state index contributed by atoms with van der Waals surface area (Å²) >= 11 is 1.59. The Morgan fingerprint density at radius 2 is 1.83 bits per heavy atom. The average Bonchev–Trinajstić information content (AvgIpc) is 2.94. The van der Waals surface area contributed by atoms with Crippen LogP contribution < -0.4 is 0 Å². The molecule has 2 aromatic carbocycles. The van der Waals surface area contributed by atoms with E-state index in [-0.39, 0.29) is 0 Å². The highest BCUT2D eigenvalue weighted by Gasteiger charge is 2.13. The van der Waals surface area contributed by atoms with Crippen LogP contribution in [-0.4, -0.2) is 14.8 Å². The summed E-state index contributed by atoms with van der Waals surface area (Å²) in [6.45, 7) is 2.07. The van der Waals surface area contributed by atoms with Crippen molar-refractivity contribution >= 4 is 11.8 Å². The fourth-order valence-electron chi connectivity index (χ4n) is 2.40. The van der Waals surface area contributed by atoms with Crippen LogP contribution >= 0.6 is 11.8 Å². The predicted octanol–water partition coefficient (Wildman–Crippen LogP) is 3.95. The van der Waals surface area contributed by atoms with Crippen LogP contribution in [0.5, 0.6) is 0 Å². The molecule has 0 saturated heterocycles. The first-order valence-corrected chi connectivity index (χ1v) is 8.25. The number of nitrogens with zero attached hydrogens (tertiary/aromatic N) is 4. The van der Waals surface area contributed by atoms with E-state index in [1.165, 1.54) is 5.56 Å². The van der Waals surface area contributed by atoms with Crippen LogP contribution in [0.15, 0.2) is 53.7 Å². The van der Waals surface area contributed by atoms with Gasteiger partial charge in [0.1, 0.15) is 0 Å². The van der Waals surface area contributed by atoms with E-state index in [4.69, 9.17) is 5.26 Å². The number of thioether (sulfide) groups is 1. The molecule has 0 aliphatic carbocycles. The van der Waals surface area contributed by atoms with Crippen LogP contribution in [0.25, 0.3) is 11.4 Å². The lowest BCUT2D eigenvalue weighted by atomic mass is 10.1. The molecule has 0 saturated carbocycles. The first kappa shape index (κ1) is 15.3. The van der Waals surface area contributed by atoms with Crippen molar-refractivity contribution in [3.63, 3.8) is 0 Å². The lowest BCUT2D eigenvalue weighted by molar-refractivity contribution is 0.793. The van der Waals surface area contributed by atoms with E-state index < -0.39 is 0 Å². The molecular weight excluding hydrogens is 304 g/mol. The molecule has 0 fully saturated rings. The Morgan fingerprint density at radius 1 is 1.09 bits per heavy atom. The van der Waals surface area contributed by atoms with Gasteiger partial charge < -0.3 is 4.57 Å². The van der Waals surface area contributed by atoms with E-state index in [1.54, 1.807) is 11.8 Å². The zero-order chi connectivity index (χ0) is 16.2. The van der Waals surface area contributed by atoms with Gasteiger partial charge in [-0.25, -0.2) is 0 Å². The molecule has 0 spiro atoms. The molecule has 4 nitrogen and oxygen atoms in total. The molecule has 0 N–H and O–H groups in total. The highest BCUT2D eigenvalue weighted by Crippen LogP contribution is 2.27. The van der Waals surface area contributed by atoms with Crippen LogP contribution in [0.2, 0.25) is 0 Å². The molecule has 23 heavy (non-hydrogen) atoms. The minimum absolute atomic E-state index is 0.698.